The van der Waals surface area contributed by atoms with Gasteiger partial charge in [0.25, 0.3) is 15.9 Å². The van der Waals surface area contributed by atoms with E-state index < -0.39 is 16.1 Å². The fourth-order valence-corrected chi connectivity index (χ4v) is 5.65. The molecule has 2 aliphatic rings. The molecule has 2 aromatic carbocycles. The largest absolute Gasteiger partial charge is 0.268 e. The Morgan fingerprint density at radius 2 is 1.66 bits per heavy atom. The zero-order chi connectivity index (χ0) is 20.4. The predicted octanol–water partition coefficient (Wildman–Crippen LogP) is 4.87. The van der Waals surface area contributed by atoms with Gasteiger partial charge in [0.05, 0.1) is 10.9 Å². The van der Waals surface area contributed by atoms with E-state index in [1.165, 1.54) is 0 Å². The number of aryl methyl sites for hydroxylation is 1. The van der Waals surface area contributed by atoms with Gasteiger partial charge in [-0.15, -0.1) is 0 Å². The van der Waals surface area contributed by atoms with Crippen LogP contribution in [0.2, 0.25) is 0 Å². The molecule has 0 N–H and O–H groups in total. The Labute approximate surface area is 172 Å². The minimum atomic E-state index is -3.93. The van der Waals surface area contributed by atoms with Gasteiger partial charge in [-0.1, -0.05) is 65.8 Å². The van der Waals surface area contributed by atoms with Crippen molar-refractivity contribution in [2.75, 3.05) is 0 Å². The second-order valence-electron chi connectivity index (χ2n) is 7.75. The fourth-order valence-electron chi connectivity index (χ4n) is 4.11. The summed E-state index contributed by atoms with van der Waals surface area (Å²) in [4.78, 5) is 13.5. The van der Waals surface area contributed by atoms with Crippen LogP contribution >= 0.6 is 0 Å². The average Bonchev–Trinajstić information content (AvgIpc) is 2.73. The van der Waals surface area contributed by atoms with Crippen LogP contribution in [0.25, 0.3) is 6.08 Å². The number of sulfonamides is 1. The summed E-state index contributed by atoms with van der Waals surface area (Å²) in [6, 6.07) is 15.9. The summed E-state index contributed by atoms with van der Waals surface area (Å²) in [5.74, 6) is -0.353. The maximum absolute atomic E-state index is 13.5. The molecule has 0 aromatic heterocycles. The van der Waals surface area contributed by atoms with Crippen molar-refractivity contribution in [3.8, 4) is 0 Å². The van der Waals surface area contributed by atoms with E-state index in [9.17, 15) is 13.2 Å². The third-order valence-corrected chi connectivity index (χ3v) is 7.51. The van der Waals surface area contributed by atoms with Crippen LogP contribution in [0.15, 0.2) is 76.7 Å². The van der Waals surface area contributed by atoms with Gasteiger partial charge in [-0.05, 0) is 56.7 Å². The molecule has 4 rings (SSSR count). The van der Waals surface area contributed by atoms with Crippen LogP contribution in [0.4, 0.5) is 0 Å². The molecule has 0 saturated carbocycles. The maximum Gasteiger partial charge on any atom is 0.267 e. The van der Waals surface area contributed by atoms with Crippen LogP contribution in [0.3, 0.4) is 0 Å². The first-order valence-corrected chi connectivity index (χ1v) is 11.5. The summed E-state index contributed by atoms with van der Waals surface area (Å²) >= 11 is 0. The van der Waals surface area contributed by atoms with Crippen molar-refractivity contribution in [3.63, 3.8) is 0 Å². The molecule has 1 heterocycles. The standard InChI is InChI=1S/C24H25NO3S/c1-18-11-15-22(16-12-18)29(27,28)25-21(14-13-19-7-3-2-4-8-19)17-20-9-5-6-10-23(20)24(25)26/h2-4,7-8,11-16,21H,5-6,9-10,17H2,1H3/b14-13+. The van der Waals surface area contributed by atoms with E-state index in [2.05, 4.69) is 0 Å². The van der Waals surface area contributed by atoms with E-state index in [-0.39, 0.29) is 10.8 Å². The van der Waals surface area contributed by atoms with Crippen LogP contribution in [0.1, 0.15) is 43.2 Å². The molecule has 0 spiro atoms. The first-order chi connectivity index (χ1) is 14.0. The molecule has 0 radical (unpaired) electrons. The Balaban J connectivity index is 1.76. The van der Waals surface area contributed by atoms with Crippen molar-refractivity contribution in [2.45, 2.75) is 50.0 Å². The van der Waals surface area contributed by atoms with E-state index in [1.807, 2.05) is 49.4 Å². The zero-order valence-corrected chi connectivity index (χ0v) is 17.4. The van der Waals surface area contributed by atoms with E-state index >= 15 is 0 Å². The second kappa shape index (κ2) is 7.99. The number of hydrogen-bond donors (Lipinski definition) is 0. The van der Waals surface area contributed by atoms with Crippen molar-refractivity contribution >= 4 is 22.0 Å². The monoisotopic (exact) mass is 407 g/mol. The summed E-state index contributed by atoms with van der Waals surface area (Å²) in [6.07, 6.45) is 7.90. The van der Waals surface area contributed by atoms with Gasteiger partial charge in [0.15, 0.2) is 0 Å². The Morgan fingerprint density at radius 1 is 0.966 bits per heavy atom. The van der Waals surface area contributed by atoms with Crippen LogP contribution in [-0.4, -0.2) is 24.7 Å². The van der Waals surface area contributed by atoms with E-state index in [1.54, 1.807) is 24.3 Å². The van der Waals surface area contributed by atoms with Crippen molar-refractivity contribution in [1.82, 2.24) is 4.31 Å². The molecule has 1 aliphatic carbocycles. The van der Waals surface area contributed by atoms with Crippen LogP contribution < -0.4 is 0 Å². The molecule has 5 heteroatoms. The lowest BCUT2D eigenvalue weighted by atomic mass is 9.84. The smallest absolute Gasteiger partial charge is 0.267 e. The topological polar surface area (TPSA) is 54.5 Å². The molecule has 0 saturated heterocycles. The van der Waals surface area contributed by atoms with Gasteiger partial charge < -0.3 is 0 Å². The maximum atomic E-state index is 13.5. The highest BCUT2D eigenvalue weighted by Crippen LogP contribution is 2.37. The van der Waals surface area contributed by atoms with Gasteiger partial charge in [0.2, 0.25) is 0 Å². The highest BCUT2D eigenvalue weighted by Gasteiger charge is 2.41. The molecular weight excluding hydrogens is 382 g/mol. The lowest BCUT2D eigenvalue weighted by Crippen LogP contribution is -2.48. The third kappa shape index (κ3) is 3.92. The molecule has 0 fully saturated rings. The Hall–Kier alpha value is -2.66. The molecule has 2 aromatic rings. The summed E-state index contributed by atoms with van der Waals surface area (Å²) in [6.45, 7) is 1.91. The number of nitrogens with zero attached hydrogens (tertiary/aromatic N) is 1. The van der Waals surface area contributed by atoms with Gasteiger partial charge in [-0.3, -0.25) is 4.79 Å². The van der Waals surface area contributed by atoms with Crippen LogP contribution in [-0.2, 0) is 14.8 Å². The van der Waals surface area contributed by atoms with Crippen molar-refractivity contribution in [1.29, 1.82) is 0 Å². The average molecular weight is 408 g/mol. The van der Waals surface area contributed by atoms with Crippen LogP contribution in [0, 0.1) is 6.92 Å². The Bertz CT molecular complexity index is 1070. The van der Waals surface area contributed by atoms with Gasteiger partial charge in [0, 0.05) is 5.57 Å². The third-order valence-electron chi connectivity index (χ3n) is 5.69. The first-order valence-electron chi connectivity index (χ1n) is 10.1. The number of carbonyl (C=O) groups is 1. The highest BCUT2D eigenvalue weighted by atomic mass is 32.2. The van der Waals surface area contributed by atoms with E-state index in [0.29, 0.717) is 18.4 Å². The molecule has 1 aliphatic heterocycles. The molecule has 1 amide bonds. The molecule has 29 heavy (non-hydrogen) atoms. The van der Waals surface area contributed by atoms with E-state index in [0.717, 1.165) is 40.3 Å². The van der Waals surface area contributed by atoms with E-state index in [4.69, 9.17) is 0 Å². The number of benzene rings is 2. The Morgan fingerprint density at radius 3 is 2.38 bits per heavy atom. The first kappa shape index (κ1) is 19.6. The van der Waals surface area contributed by atoms with Gasteiger partial charge in [0.1, 0.15) is 0 Å². The lowest BCUT2D eigenvalue weighted by molar-refractivity contribution is -0.124. The quantitative estimate of drug-likeness (QED) is 0.727. The molecule has 1 unspecified atom stereocenters. The summed E-state index contributed by atoms with van der Waals surface area (Å²) in [5, 5.41) is 0. The fraction of sp³-hybridized carbons (Fsp3) is 0.292. The lowest BCUT2D eigenvalue weighted by Gasteiger charge is -2.37. The van der Waals surface area contributed by atoms with Gasteiger partial charge >= 0.3 is 0 Å². The normalized spacial score (nSPS) is 20.2. The molecule has 0 bridgehead atoms. The predicted molar refractivity (Wildman–Crippen MR) is 115 cm³/mol. The summed E-state index contributed by atoms with van der Waals surface area (Å²) < 4.78 is 28.0. The summed E-state index contributed by atoms with van der Waals surface area (Å²) in [5.41, 5.74) is 3.79. The van der Waals surface area contributed by atoms with Gasteiger partial charge in [-0.2, -0.15) is 0 Å². The molecule has 1 atom stereocenters. The number of amides is 1. The molecular formula is C24H25NO3S. The molecule has 4 nitrogen and oxygen atoms in total. The number of carbonyl (C=O) groups excluding carboxylic acids is 1. The minimum absolute atomic E-state index is 0.162. The molecule has 150 valence electrons. The highest BCUT2D eigenvalue weighted by molar-refractivity contribution is 7.89. The number of hydrogen-bond acceptors (Lipinski definition) is 3. The van der Waals surface area contributed by atoms with Crippen molar-refractivity contribution in [3.05, 3.63) is 82.9 Å². The zero-order valence-electron chi connectivity index (χ0n) is 16.5. The van der Waals surface area contributed by atoms with Crippen molar-refractivity contribution < 1.29 is 13.2 Å². The van der Waals surface area contributed by atoms with Crippen LogP contribution in [0.5, 0.6) is 0 Å². The second-order valence-corrected chi connectivity index (χ2v) is 9.56. The summed E-state index contributed by atoms with van der Waals surface area (Å²) in [7, 11) is -3.93. The number of rotatable bonds is 4. The van der Waals surface area contributed by atoms with Crippen molar-refractivity contribution in [2.24, 2.45) is 0 Å². The van der Waals surface area contributed by atoms with Gasteiger partial charge in [-0.25, -0.2) is 12.7 Å². The SMILES string of the molecule is Cc1ccc(S(=O)(=O)N2C(=O)C3=C(CCCC3)CC2/C=C/c2ccccc2)cc1. The Kier molecular flexibility index (Phi) is 5.41. The minimum Gasteiger partial charge on any atom is -0.268 e.